The molecule has 2 N–H and O–H groups in total. The molecule has 0 spiro atoms. The quantitative estimate of drug-likeness (QED) is 0.186. The molecule has 0 saturated carbocycles. The van der Waals surface area contributed by atoms with Crippen LogP contribution in [0.1, 0.15) is 12.0 Å². The van der Waals surface area contributed by atoms with Crippen molar-refractivity contribution in [2.24, 2.45) is 0 Å². The number of aromatic nitrogens is 2. The minimum atomic E-state index is -4.89. The molecule has 4 aromatic rings. The van der Waals surface area contributed by atoms with Crippen LogP contribution in [0.4, 0.5) is 33.7 Å². The summed E-state index contributed by atoms with van der Waals surface area (Å²) in [6.45, 7) is 1.11. The Kier molecular flexibility index (Phi) is 8.22. The van der Waals surface area contributed by atoms with Gasteiger partial charge < -0.3 is 24.8 Å². The van der Waals surface area contributed by atoms with Gasteiger partial charge in [-0.1, -0.05) is 0 Å². The molecule has 0 aliphatic carbocycles. The maximum Gasteiger partial charge on any atom is 0.419 e. The highest BCUT2D eigenvalue weighted by atomic mass is 19.4. The molecule has 0 atom stereocenters. The molecule has 0 fully saturated rings. The predicted molar refractivity (Wildman–Crippen MR) is 132 cm³/mol. The Labute approximate surface area is 214 Å². The first-order valence-electron chi connectivity index (χ1n) is 11.3. The average molecular weight is 530 g/mol. The first-order valence-corrected chi connectivity index (χ1v) is 11.3. The number of anilines is 2. The van der Waals surface area contributed by atoms with Crippen LogP contribution in [-0.4, -0.2) is 36.3 Å². The number of ether oxygens (including phenoxy) is 3. The van der Waals surface area contributed by atoms with E-state index >= 15 is 0 Å². The Morgan fingerprint density at radius 1 is 0.895 bits per heavy atom. The number of halogens is 4. The summed E-state index contributed by atoms with van der Waals surface area (Å²) >= 11 is 0. The van der Waals surface area contributed by atoms with Crippen LogP contribution < -0.4 is 20.1 Å². The van der Waals surface area contributed by atoms with E-state index in [1.807, 2.05) is 0 Å². The van der Waals surface area contributed by atoms with Crippen LogP contribution in [-0.2, 0) is 10.9 Å². The molecule has 198 valence electrons. The van der Waals surface area contributed by atoms with E-state index in [-0.39, 0.29) is 5.69 Å². The molecule has 38 heavy (non-hydrogen) atoms. The minimum absolute atomic E-state index is 0.213. The third-order valence-electron chi connectivity index (χ3n) is 5.19. The highest BCUT2D eigenvalue weighted by molar-refractivity contribution is 5.99. The van der Waals surface area contributed by atoms with Crippen molar-refractivity contribution in [3.05, 3.63) is 78.4 Å². The van der Waals surface area contributed by atoms with Crippen molar-refractivity contribution in [1.82, 2.24) is 9.97 Å². The molecule has 4 rings (SSSR count). The normalized spacial score (nSPS) is 11.3. The number of alkyl halides is 3. The SMILES string of the molecule is COCCCOc1ccc2c(Oc3ccc(NC(=O)Nc4ccc(F)c(C(F)(F)F)c4)cc3)ncnc2c1. The maximum atomic E-state index is 13.4. The molecule has 8 nitrogen and oxygen atoms in total. The monoisotopic (exact) mass is 530 g/mol. The molecule has 2 amide bonds. The van der Waals surface area contributed by atoms with Gasteiger partial charge in [-0.2, -0.15) is 13.2 Å². The number of carbonyl (C=O) groups excluding carboxylic acids is 1. The van der Waals surface area contributed by atoms with Crippen molar-refractivity contribution in [3.8, 4) is 17.4 Å². The van der Waals surface area contributed by atoms with Crippen LogP contribution in [0.2, 0.25) is 0 Å². The molecule has 0 bridgehead atoms. The van der Waals surface area contributed by atoms with Crippen LogP contribution in [0, 0.1) is 5.82 Å². The van der Waals surface area contributed by atoms with Crippen LogP contribution in [0.25, 0.3) is 10.9 Å². The number of amides is 2. The third kappa shape index (κ3) is 6.85. The number of methoxy groups -OCH3 is 1. The van der Waals surface area contributed by atoms with Gasteiger partial charge in [0.1, 0.15) is 23.6 Å². The molecule has 12 heteroatoms. The Morgan fingerprint density at radius 2 is 1.61 bits per heavy atom. The first kappa shape index (κ1) is 26.6. The second-order valence-corrected chi connectivity index (χ2v) is 7.95. The zero-order valence-corrected chi connectivity index (χ0v) is 20.0. The fraction of sp³-hybridized carbons (Fsp3) is 0.192. The second kappa shape index (κ2) is 11.7. The number of fused-ring (bicyclic) bond motifs is 1. The molecule has 0 radical (unpaired) electrons. The van der Waals surface area contributed by atoms with E-state index in [1.54, 1.807) is 37.4 Å². The van der Waals surface area contributed by atoms with Gasteiger partial charge in [0.05, 0.1) is 23.1 Å². The number of carbonyl (C=O) groups is 1. The van der Waals surface area contributed by atoms with E-state index in [2.05, 4.69) is 20.6 Å². The number of hydrogen-bond acceptors (Lipinski definition) is 6. The van der Waals surface area contributed by atoms with Crippen molar-refractivity contribution in [2.45, 2.75) is 12.6 Å². The summed E-state index contributed by atoms with van der Waals surface area (Å²) in [6.07, 6.45) is -2.76. The highest BCUT2D eigenvalue weighted by Crippen LogP contribution is 2.33. The molecule has 1 heterocycles. The van der Waals surface area contributed by atoms with Gasteiger partial charge in [-0.25, -0.2) is 19.2 Å². The predicted octanol–water partition coefficient (Wildman–Crippen LogP) is 6.64. The molecular formula is C26H22F4N4O4. The van der Waals surface area contributed by atoms with Gasteiger partial charge in [0.15, 0.2) is 0 Å². The Hall–Kier alpha value is -4.45. The Bertz CT molecular complexity index is 1420. The van der Waals surface area contributed by atoms with E-state index in [0.717, 1.165) is 12.5 Å². The van der Waals surface area contributed by atoms with Crippen molar-refractivity contribution < 1.29 is 36.6 Å². The average Bonchev–Trinajstić information content (AvgIpc) is 2.88. The van der Waals surface area contributed by atoms with E-state index in [9.17, 15) is 22.4 Å². The molecule has 0 aliphatic heterocycles. The summed E-state index contributed by atoms with van der Waals surface area (Å²) < 4.78 is 68.7. The van der Waals surface area contributed by atoms with Crippen LogP contribution in [0.3, 0.4) is 0 Å². The summed E-state index contributed by atoms with van der Waals surface area (Å²) in [6, 6.07) is 13.0. The van der Waals surface area contributed by atoms with Crippen molar-refractivity contribution in [1.29, 1.82) is 0 Å². The molecule has 0 saturated heterocycles. The van der Waals surface area contributed by atoms with Gasteiger partial charge in [0.25, 0.3) is 0 Å². The summed E-state index contributed by atoms with van der Waals surface area (Å²) in [7, 11) is 1.63. The Balaban J connectivity index is 1.38. The second-order valence-electron chi connectivity index (χ2n) is 7.95. The number of rotatable bonds is 9. The van der Waals surface area contributed by atoms with E-state index < -0.39 is 23.6 Å². The lowest BCUT2D eigenvalue weighted by atomic mass is 10.2. The Morgan fingerprint density at radius 3 is 2.34 bits per heavy atom. The van der Waals surface area contributed by atoms with Crippen LogP contribution in [0.5, 0.6) is 17.4 Å². The zero-order valence-electron chi connectivity index (χ0n) is 20.0. The number of nitrogens with one attached hydrogen (secondary N) is 2. The van der Waals surface area contributed by atoms with Crippen molar-refractivity contribution in [3.63, 3.8) is 0 Å². The van der Waals surface area contributed by atoms with Crippen LogP contribution >= 0.6 is 0 Å². The van der Waals surface area contributed by atoms with Gasteiger partial charge in [0.2, 0.25) is 5.88 Å². The first-order chi connectivity index (χ1) is 18.2. The lowest BCUT2D eigenvalue weighted by Gasteiger charge is -2.12. The maximum absolute atomic E-state index is 13.4. The largest absolute Gasteiger partial charge is 0.493 e. The molecule has 0 aliphatic rings. The number of urea groups is 1. The zero-order chi connectivity index (χ0) is 27.1. The summed E-state index contributed by atoms with van der Waals surface area (Å²) in [5, 5.41) is 5.40. The summed E-state index contributed by atoms with van der Waals surface area (Å²) in [5.74, 6) is -0.0372. The minimum Gasteiger partial charge on any atom is -0.493 e. The van der Waals surface area contributed by atoms with E-state index in [4.69, 9.17) is 14.2 Å². The molecule has 3 aromatic carbocycles. The molecular weight excluding hydrogens is 508 g/mol. The summed E-state index contributed by atoms with van der Waals surface area (Å²) in [5.41, 5.74) is -0.713. The lowest BCUT2D eigenvalue weighted by Crippen LogP contribution is -2.20. The van der Waals surface area contributed by atoms with Crippen molar-refractivity contribution in [2.75, 3.05) is 31.0 Å². The molecule has 1 aromatic heterocycles. The standard InChI is InChI=1S/C26H22F4N4O4/c1-36-11-2-12-37-19-8-9-20-23(14-19)31-15-32-24(20)38-18-6-3-16(4-7-18)33-25(35)34-17-5-10-22(27)21(13-17)26(28,29)30/h3-10,13-15H,2,11-12H2,1H3,(H2,33,34,35). The van der Waals surface area contributed by atoms with Crippen molar-refractivity contribution >= 4 is 28.3 Å². The molecule has 0 unspecified atom stereocenters. The van der Waals surface area contributed by atoms with Gasteiger partial charge in [0, 0.05) is 37.6 Å². The number of benzene rings is 3. The van der Waals surface area contributed by atoms with Gasteiger partial charge in [-0.15, -0.1) is 0 Å². The highest BCUT2D eigenvalue weighted by Gasteiger charge is 2.34. The number of nitrogens with zero attached hydrogens (tertiary/aromatic N) is 2. The lowest BCUT2D eigenvalue weighted by molar-refractivity contribution is -0.139. The van der Waals surface area contributed by atoms with Gasteiger partial charge >= 0.3 is 12.2 Å². The fourth-order valence-corrected chi connectivity index (χ4v) is 3.41. The summed E-state index contributed by atoms with van der Waals surface area (Å²) in [4.78, 5) is 20.7. The topological polar surface area (TPSA) is 94.6 Å². The smallest absolute Gasteiger partial charge is 0.419 e. The van der Waals surface area contributed by atoms with Gasteiger partial charge in [-0.05, 0) is 54.6 Å². The fourth-order valence-electron chi connectivity index (χ4n) is 3.41. The third-order valence-corrected chi connectivity index (χ3v) is 5.19. The van der Waals surface area contributed by atoms with E-state index in [0.29, 0.717) is 59.3 Å². The number of hydrogen-bond donors (Lipinski definition) is 2. The van der Waals surface area contributed by atoms with E-state index in [1.165, 1.54) is 18.5 Å². The van der Waals surface area contributed by atoms with Crippen LogP contribution in [0.15, 0.2) is 67.0 Å². The van der Waals surface area contributed by atoms with Gasteiger partial charge in [-0.3, -0.25) is 0 Å².